The lowest BCUT2D eigenvalue weighted by Crippen LogP contribution is -2.52. The lowest BCUT2D eigenvalue weighted by atomic mass is 9.73. The van der Waals surface area contributed by atoms with Crippen LogP contribution in [-0.2, 0) is 4.79 Å². The minimum absolute atomic E-state index is 0.110. The summed E-state index contributed by atoms with van der Waals surface area (Å²) in [6, 6.07) is 0. The number of piperidine rings is 2. The summed E-state index contributed by atoms with van der Waals surface area (Å²) >= 11 is 0. The second kappa shape index (κ2) is 7.41. The number of aliphatic hydroxyl groups is 1. The van der Waals surface area contributed by atoms with E-state index in [1.807, 2.05) is 0 Å². The maximum Gasteiger partial charge on any atom is 0.228 e. The molecule has 116 valence electrons. The fourth-order valence-corrected chi connectivity index (χ4v) is 3.96. The van der Waals surface area contributed by atoms with Crippen LogP contribution < -0.4 is 5.32 Å². The zero-order valence-corrected chi connectivity index (χ0v) is 12.9. The zero-order valence-electron chi connectivity index (χ0n) is 12.9. The van der Waals surface area contributed by atoms with Gasteiger partial charge in [0.05, 0.1) is 5.41 Å². The first kappa shape index (κ1) is 15.8. The average molecular weight is 282 g/mol. The summed E-state index contributed by atoms with van der Waals surface area (Å²) in [5.74, 6) is 0.890. The first-order valence-electron chi connectivity index (χ1n) is 8.33. The molecule has 0 bridgehead atoms. The molecule has 0 aliphatic carbocycles. The Labute approximate surface area is 122 Å². The largest absolute Gasteiger partial charge is 0.396 e. The second-order valence-electron chi connectivity index (χ2n) is 6.55. The summed E-state index contributed by atoms with van der Waals surface area (Å²) in [5, 5.41) is 12.5. The van der Waals surface area contributed by atoms with Crippen molar-refractivity contribution in [3.8, 4) is 0 Å². The van der Waals surface area contributed by atoms with Gasteiger partial charge in [-0.05, 0) is 57.5 Å². The molecule has 2 aliphatic rings. The van der Waals surface area contributed by atoms with E-state index >= 15 is 0 Å². The van der Waals surface area contributed by atoms with E-state index in [1.54, 1.807) is 0 Å². The van der Waals surface area contributed by atoms with Crippen LogP contribution in [-0.4, -0.2) is 48.7 Å². The molecule has 2 heterocycles. The normalized spacial score (nSPS) is 26.5. The van der Waals surface area contributed by atoms with Gasteiger partial charge >= 0.3 is 0 Å². The number of likely N-dealkylation sites (tertiary alicyclic amines) is 1. The Morgan fingerprint density at radius 2 is 2.15 bits per heavy atom. The van der Waals surface area contributed by atoms with E-state index in [0.29, 0.717) is 11.8 Å². The van der Waals surface area contributed by atoms with Crippen LogP contribution in [0.3, 0.4) is 0 Å². The minimum atomic E-state index is -0.110. The van der Waals surface area contributed by atoms with E-state index in [0.717, 1.165) is 71.1 Å². The summed E-state index contributed by atoms with van der Waals surface area (Å²) < 4.78 is 0. The standard InChI is InChI=1S/C16H30N2O2/c1-2-6-16(7-9-17-10-8-16)15(20)18-11-3-4-14(13-18)5-12-19/h14,17,19H,2-13H2,1H3. The molecule has 2 aliphatic heterocycles. The molecule has 1 unspecified atom stereocenters. The van der Waals surface area contributed by atoms with Crippen molar-refractivity contribution in [2.45, 2.75) is 51.9 Å². The number of hydrogen-bond acceptors (Lipinski definition) is 3. The molecule has 0 aromatic heterocycles. The summed E-state index contributed by atoms with van der Waals surface area (Å²) in [6.07, 6.45) is 7.17. The summed E-state index contributed by atoms with van der Waals surface area (Å²) in [5.41, 5.74) is -0.110. The Kier molecular flexibility index (Phi) is 5.85. The molecule has 20 heavy (non-hydrogen) atoms. The van der Waals surface area contributed by atoms with Gasteiger partial charge in [-0.15, -0.1) is 0 Å². The highest BCUT2D eigenvalue weighted by atomic mass is 16.3. The molecule has 0 radical (unpaired) electrons. The third-order valence-corrected chi connectivity index (χ3v) is 5.09. The Morgan fingerprint density at radius 1 is 1.40 bits per heavy atom. The molecule has 0 aromatic carbocycles. The molecule has 1 amide bonds. The topological polar surface area (TPSA) is 52.6 Å². The van der Waals surface area contributed by atoms with E-state index in [-0.39, 0.29) is 12.0 Å². The van der Waals surface area contributed by atoms with Crippen LogP contribution in [0.15, 0.2) is 0 Å². The minimum Gasteiger partial charge on any atom is -0.396 e. The van der Waals surface area contributed by atoms with Crippen molar-refractivity contribution < 1.29 is 9.90 Å². The molecule has 2 fully saturated rings. The molecule has 0 saturated carbocycles. The lowest BCUT2D eigenvalue weighted by Gasteiger charge is -2.42. The third kappa shape index (κ3) is 3.53. The first-order chi connectivity index (χ1) is 9.72. The SMILES string of the molecule is CCCC1(C(=O)N2CCCC(CCO)C2)CCNCC1. The van der Waals surface area contributed by atoms with Crippen molar-refractivity contribution in [2.75, 3.05) is 32.8 Å². The number of carbonyl (C=O) groups is 1. The van der Waals surface area contributed by atoms with Crippen LogP contribution in [0.4, 0.5) is 0 Å². The maximum absolute atomic E-state index is 13.1. The molecular formula is C16H30N2O2. The molecule has 0 aromatic rings. The number of amides is 1. The maximum atomic E-state index is 13.1. The van der Waals surface area contributed by atoms with Gasteiger partial charge in [-0.1, -0.05) is 13.3 Å². The van der Waals surface area contributed by atoms with E-state index in [9.17, 15) is 4.79 Å². The summed E-state index contributed by atoms with van der Waals surface area (Å²) in [4.78, 5) is 15.2. The van der Waals surface area contributed by atoms with E-state index in [2.05, 4.69) is 17.1 Å². The van der Waals surface area contributed by atoms with Crippen LogP contribution in [0.5, 0.6) is 0 Å². The average Bonchev–Trinajstić information content (AvgIpc) is 2.48. The van der Waals surface area contributed by atoms with Gasteiger partial charge in [-0.25, -0.2) is 0 Å². The lowest BCUT2D eigenvalue weighted by molar-refractivity contribution is -0.146. The molecule has 2 saturated heterocycles. The van der Waals surface area contributed by atoms with Gasteiger partial charge in [-0.3, -0.25) is 4.79 Å². The van der Waals surface area contributed by atoms with E-state index < -0.39 is 0 Å². The number of hydrogen-bond donors (Lipinski definition) is 2. The Balaban J connectivity index is 2.02. The van der Waals surface area contributed by atoms with Gasteiger partial charge in [0.1, 0.15) is 0 Å². The highest BCUT2D eigenvalue weighted by Crippen LogP contribution is 2.37. The van der Waals surface area contributed by atoms with Gasteiger partial charge in [0, 0.05) is 19.7 Å². The van der Waals surface area contributed by atoms with Gasteiger partial charge in [0.15, 0.2) is 0 Å². The smallest absolute Gasteiger partial charge is 0.228 e. The van der Waals surface area contributed by atoms with Gasteiger partial charge < -0.3 is 15.3 Å². The van der Waals surface area contributed by atoms with Crippen molar-refractivity contribution in [1.82, 2.24) is 10.2 Å². The molecule has 2 rings (SSSR count). The van der Waals surface area contributed by atoms with E-state index in [1.165, 1.54) is 0 Å². The van der Waals surface area contributed by atoms with Crippen molar-refractivity contribution in [2.24, 2.45) is 11.3 Å². The number of nitrogens with zero attached hydrogens (tertiary/aromatic N) is 1. The van der Waals surface area contributed by atoms with Crippen LogP contribution in [0.2, 0.25) is 0 Å². The predicted octanol–water partition coefficient (Wildman–Crippen LogP) is 1.78. The fourth-order valence-electron chi connectivity index (χ4n) is 3.96. The molecule has 0 spiro atoms. The molecule has 2 N–H and O–H groups in total. The summed E-state index contributed by atoms with van der Waals surface area (Å²) in [6.45, 7) is 6.15. The van der Waals surface area contributed by atoms with Crippen LogP contribution >= 0.6 is 0 Å². The quantitative estimate of drug-likeness (QED) is 0.808. The van der Waals surface area contributed by atoms with Crippen molar-refractivity contribution in [3.05, 3.63) is 0 Å². The van der Waals surface area contributed by atoms with Crippen molar-refractivity contribution in [1.29, 1.82) is 0 Å². The first-order valence-corrected chi connectivity index (χ1v) is 8.33. The Hall–Kier alpha value is -0.610. The molecular weight excluding hydrogens is 252 g/mol. The Morgan fingerprint density at radius 3 is 2.80 bits per heavy atom. The summed E-state index contributed by atoms with van der Waals surface area (Å²) in [7, 11) is 0. The number of nitrogens with one attached hydrogen (secondary N) is 1. The van der Waals surface area contributed by atoms with Gasteiger partial charge in [-0.2, -0.15) is 0 Å². The molecule has 1 atom stereocenters. The van der Waals surface area contributed by atoms with Crippen LogP contribution in [0.1, 0.15) is 51.9 Å². The second-order valence-corrected chi connectivity index (χ2v) is 6.55. The Bertz CT molecular complexity index is 306. The van der Waals surface area contributed by atoms with Gasteiger partial charge in [0.25, 0.3) is 0 Å². The number of aliphatic hydroxyl groups excluding tert-OH is 1. The third-order valence-electron chi connectivity index (χ3n) is 5.09. The zero-order chi connectivity index (χ0) is 14.4. The van der Waals surface area contributed by atoms with Crippen LogP contribution in [0, 0.1) is 11.3 Å². The van der Waals surface area contributed by atoms with Gasteiger partial charge in [0.2, 0.25) is 5.91 Å². The molecule has 4 nitrogen and oxygen atoms in total. The number of carbonyl (C=O) groups excluding carboxylic acids is 1. The highest BCUT2D eigenvalue weighted by Gasteiger charge is 2.42. The molecule has 4 heteroatoms. The monoisotopic (exact) mass is 282 g/mol. The van der Waals surface area contributed by atoms with Crippen molar-refractivity contribution >= 4 is 5.91 Å². The van der Waals surface area contributed by atoms with E-state index in [4.69, 9.17) is 5.11 Å². The fraction of sp³-hybridized carbons (Fsp3) is 0.938. The van der Waals surface area contributed by atoms with Crippen molar-refractivity contribution in [3.63, 3.8) is 0 Å². The number of rotatable bonds is 5. The van der Waals surface area contributed by atoms with Crippen LogP contribution in [0.25, 0.3) is 0 Å². The predicted molar refractivity (Wildman–Crippen MR) is 80.5 cm³/mol. The highest BCUT2D eigenvalue weighted by molar-refractivity contribution is 5.83.